The van der Waals surface area contributed by atoms with Crippen LogP contribution >= 0.6 is 31.9 Å². The lowest BCUT2D eigenvalue weighted by Gasteiger charge is -2.53. The zero-order valence-electron chi connectivity index (χ0n) is 10.6. The minimum atomic E-state index is 0.841. The summed E-state index contributed by atoms with van der Waals surface area (Å²) in [6.07, 6.45) is 11.9. The molecule has 0 amide bonds. The van der Waals surface area contributed by atoms with Crippen molar-refractivity contribution in [3.05, 3.63) is 0 Å². The third-order valence-electron chi connectivity index (χ3n) is 5.85. The van der Waals surface area contributed by atoms with Crippen molar-refractivity contribution in [2.24, 2.45) is 29.6 Å². The Hall–Kier alpha value is 0.960. The predicted octanol–water partition coefficient (Wildman–Crippen LogP) is 5.39. The fourth-order valence-electron chi connectivity index (χ4n) is 5.09. The summed E-state index contributed by atoms with van der Waals surface area (Å²) < 4.78 is 0. The van der Waals surface area contributed by atoms with Gasteiger partial charge in [-0.2, -0.15) is 0 Å². The molecule has 3 rings (SSSR count). The Morgan fingerprint density at radius 2 is 1.12 bits per heavy atom. The molecule has 4 unspecified atom stereocenters. The number of halogens is 2. The molecule has 98 valence electrons. The maximum atomic E-state index is 4.11. The Kier molecular flexibility index (Phi) is 4.22. The minimum absolute atomic E-state index is 0.841. The van der Waals surface area contributed by atoms with Crippen LogP contribution in [0.1, 0.15) is 51.4 Å². The lowest BCUT2D eigenvalue weighted by Crippen LogP contribution is -2.49. The molecule has 2 heteroatoms. The molecular weight excluding hydrogens is 340 g/mol. The quantitative estimate of drug-likeness (QED) is 0.548. The second kappa shape index (κ2) is 5.53. The third-order valence-corrected chi connectivity index (χ3v) is 7.95. The van der Waals surface area contributed by atoms with Gasteiger partial charge < -0.3 is 0 Å². The molecule has 0 radical (unpaired) electrons. The number of hydrogen-bond acceptors (Lipinski definition) is 0. The van der Waals surface area contributed by atoms with E-state index in [2.05, 4.69) is 31.9 Å². The maximum absolute atomic E-state index is 4.11. The lowest BCUT2D eigenvalue weighted by molar-refractivity contribution is 0.00952. The highest BCUT2D eigenvalue weighted by molar-refractivity contribution is 9.09. The topological polar surface area (TPSA) is 0 Å². The van der Waals surface area contributed by atoms with E-state index in [0.29, 0.717) is 0 Å². The smallest absolute Gasteiger partial charge is 0.0207 e. The van der Waals surface area contributed by atoms with Gasteiger partial charge >= 0.3 is 0 Å². The van der Waals surface area contributed by atoms with Gasteiger partial charge in [-0.25, -0.2) is 0 Å². The summed E-state index contributed by atoms with van der Waals surface area (Å²) >= 11 is 7.95. The van der Waals surface area contributed by atoms with Crippen LogP contribution in [0.3, 0.4) is 0 Å². The predicted molar refractivity (Wildman–Crippen MR) is 80.9 cm³/mol. The van der Waals surface area contributed by atoms with Crippen LogP contribution in [0.25, 0.3) is 0 Å². The van der Waals surface area contributed by atoms with Crippen molar-refractivity contribution in [1.29, 1.82) is 0 Å². The van der Waals surface area contributed by atoms with Crippen molar-refractivity contribution in [3.63, 3.8) is 0 Å². The molecule has 0 aliphatic heterocycles. The van der Waals surface area contributed by atoms with Gasteiger partial charge in [0.1, 0.15) is 0 Å². The number of alkyl halides is 2. The second-order valence-corrected chi connectivity index (χ2v) is 8.19. The summed E-state index contributed by atoms with van der Waals surface area (Å²) in [6, 6.07) is 0. The highest BCUT2D eigenvalue weighted by Gasteiger charge is 2.49. The molecule has 0 bridgehead atoms. The van der Waals surface area contributed by atoms with E-state index in [4.69, 9.17) is 0 Å². The van der Waals surface area contributed by atoms with E-state index >= 15 is 0 Å². The van der Waals surface area contributed by atoms with Crippen LogP contribution in [0.5, 0.6) is 0 Å². The molecule has 3 aliphatic carbocycles. The molecule has 0 nitrogen and oxygen atoms in total. The van der Waals surface area contributed by atoms with Gasteiger partial charge in [0.2, 0.25) is 0 Å². The molecule has 0 saturated heterocycles. The molecule has 0 heterocycles. The van der Waals surface area contributed by atoms with E-state index < -0.39 is 0 Å². The maximum Gasteiger partial charge on any atom is 0.0207 e. The molecule has 0 spiro atoms. The Morgan fingerprint density at radius 3 is 1.53 bits per heavy atom. The van der Waals surface area contributed by atoms with Crippen LogP contribution in [-0.4, -0.2) is 10.2 Å². The zero-order valence-corrected chi connectivity index (χ0v) is 13.8. The molecule has 3 aliphatic rings. The Labute approximate surface area is 123 Å². The molecule has 0 aromatic carbocycles. The number of fused-ring (bicyclic) bond motifs is 2. The van der Waals surface area contributed by atoms with Crippen molar-refractivity contribution in [2.75, 3.05) is 5.33 Å². The monoisotopic (exact) mass is 362 g/mol. The first-order valence-electron chi connectivity index (χ1n) is 7.53. The fraction of sp³-hybridized carbons (Fsp3) is 1.00. The number of hydrogen-bond donors (Lipinski definition) is 0. The van der Waals surface area contributed by atoms with E-state index in [1.54, 1.807) is 0 Å². The lowest BCUT2D eigenvalue weighted by atomic mass is 9.55. The molecule has 4 atom stereocenters. The van der Waals surface area contributed by atoms with E-state index in [-0.39, 0.29) is 0 Å². The summed E-state index contributed by atoms with van der Waals surface area (Å²) in [5, 5.41) is 1.26. The van der Waals surface area contributed by atoms with Gasteiger partial charge in [-0.05, 0) is 55.3 Å². The van der Waals surface area contributed by atoms with Crippen molar-refractivity contribution in [3.8, 4) is 0 Å². The fourth-order valence-corrected chi connectivity index (χ4v) is 7.37. The van der Waals surface area contributed by atoms with E-state index in [1.807, 2.05) is 0 Å². The molecule has 0 N–H and O–H groups in total. The third kappa shape index (κ3) is 2.26. The standard InChI is InChI=1S/C15H24Br2/c16-9-14-10-5-1-3-7-12(10)15(17)13-8-4-2-6-11(13)14/h10-15H,1-9H2. The highest BCUT2D eigenvalue weighted by atomic mass is 79.9. The van der Waals surface area contributed by atoms with Crippen molar-refractivity contribution >= 4 is 31.9 Å². The van der Waals surface area contributed by atoms with Crippen LogP contribution in [-0.2, 0) is 0 Å². The SMILES string of the molecule is BrCC1C2CCCCC2C(Br)C2CCCCC21. The summed E-state index contributed by atoms with van der Waals surface area (Å²) in [4.78, 5) is 0.841. The van der Waals surface area contributed by atoms with Crippen LogP contribution in [0.4, 0.5) is 0 Å². The number of rotatable bonds is 1. The first-order chi connectivity index (χ1) is 8.33. The van der Waals surface area contributed by atoms with Crippen LogP contribution in [0, 0.1) is 29.6 Å². The molecule has 3 saturated carbocycles. The van der Waals surface area contributed by atoms with Gasteiger partial charge in [0.25, 0.3) is 0 Å². The van der Waals surface area contributed by atoms with Crippen LogP contribution < -0.4 is 0 Å². The summed E-state index contributed by atoms with van der Waals surface area (Å²) in [5.74, 6) is 5.01. The van der Waals surface area contributed by atoms with Crippen LogP contribution in [0.2, 0.25) is 0 Å². The minimum Gasteiger partial charge on any atom is -0.0925 e. The van der Waals surface area contributed by atoms with E-state index in [0.717, 1.165) is 34.4 Å². The first kappa shape index (κ1) is 13.0. The second-order valence-electron chi connectivity index (χ2n) is 6.49. The average molecular weight is 364 g/mol. The Morgan fingerprint density at radius 1 is 0.706 bits per heavy atom. The molecule has 0 aromatic heterocycles. The summed E-state index contributed by atoms with van der Waals surface area (Å²) in [7, 11) is 0. The Balaban J connectivity index is 1.85. The molecular formula is C15H24Br2. The van der Waals surface area contributed by atoms with Gasteiger partial charge in [-0.3, -0.25) is 0 Å². The molecule has 0 aromatic rings. The Bertz CT molecular complexity index is 242. The highest BCUT2D eigenvalue weighted by Crippen LogP contribution is 2.55. The van der Waals surface area contributed by atoms with Gasteiger partial charge in [0, 0.05) is 10.2 Å². The zero-order chi connectivity index (χ0) is 11.8. The largest absolute Gasteiger partial charge is 0.0925 e. The van der Waals surface area contributed by atoms with E-state index in [9.17, 15) is 0 Å². The van der Waals surface area contributed by atoms with Crippen LogP contribution in [0.15, 0.2) is 0 Å². The summed E-state index contributed by atoms with van der Waals surface area (Å²) in [5.41, 5.74) is 0. The van der Waals surface area contributed by atoms with Gasteiger partial charge in [0.15, 0.2) is 0 Å². The van der Waals surface area contributed by atoms with Crippen molar-refractivity contribution < 1.29 is 0 Å². The average Bonchev–Trinajstić information content (AvgIpc) is 2.40. The summed E-state index contributed by atoms with van der Waals surface area (Å²) in [6.45, 7) is 0. The normalized spacial score (nSPS) is 50.5. The molecule has 3 fully saturated rings. The first-order valence-corrected chi connectivity index (χ1v) is 9.56. The van der Waals surface area contributed by atoms with Gasteiger partial charge in [-0.15, -0.1) is 0 Å². The van der Waals surface area contributed by atoms with Crippen molar-refractivity contribution in [1.82, 2.24) is 0 Å². The molecule has 17 heavy (non-hydrogen) atoms. The van der Waals surface area contributed by atoms with Crippen molar-refractivity contribution in [2.45, 2.75) is 56.2 Å². The van der Waals surface area contributed by atoms with Gasteiger partial charge in [-0.1, -0.05) is 57.5 Å². The van der Waals surface area contributed by atoms with E-state index in [1.165, 1.54) is 56.7 Å². The van der Waals surface area contributed by atoms with Gasteiger partial charge in [0.05, 0.1) is 0 Å².